The third-order valence-corrected chi connectivity index (χ3v) is 4.14. The molecular formula is C15H29N3O2. The maximum Gasteiger partial charge on any atom is 0.234 e. The van der Waals surface area contributed by atoms with E-state index in [4.69, 9.17) is 4.74 Å². The molecule has 5 nitrogen and oxygen atoms in total. The molecule has 2 rings (SSSR count). The van der Waals surface area contributed by atoms with Crippen LogP contribution in [0.3, 0.4) is 0 Å². The minimum absolute atomic E-state index is 0.157. The Morgan fingerprint density at radius 1 is 0.950 bits per heavy atom. The third kappa shape index (κ3) is 6.20. The monoisotopic (exact) mass is 283 g/mol. The predicted molar refractivity (Wildman–Crippen MR) is 79.8 cm³/mol. The van der Waals surface area contributed by atoms with Gasteiger partial charge in [0.2, 0.25) is 5.91 Å². The molecule has 5 heteroatoms. The fourth-order valence-electron chi connectivity index (χ4n) is 2.89. The number of morpholine rings is 1. The zero-order chi connectivity index (χ0) is 14.0. The van der Waals surface area contributed by atoms with E-state index in [9.17, 15) is 4.79 Å². The molecule has 1 amide bonds. The lowest BCUT2D eigenvalue weighted by Crippen LogP contribution is -2.43. The summed E-state index contributed by atoms with van der Waals surface area (Å²) in [4.78, 5) is 16.5. The molecule has 20 heavy (non-hydrogen) atoms. The van der Waals surface area contributed by atoms with Crippen LogP contribution >= 0.6 is 0 Å². The number of piperidine rings is 1. The van der Waals surface area contributed by atoms with E-state index in [2.05, 4.69) is 15.1 Å². The van der Waals surface area contributed by atoms with Crippen LogP contribution < -0.4 is 5.32 Å². The molecular weight excluding hydrogens is 254 g/mol. The molecule has 0 atom stereocenters. The Hall–Kier alpha value is -0.650. The summed E-state index contributed by atoms with van der Waals surface area (Å²) < 4.78 is 5.27. The number of carbonyl (C=O) groups is 1. The molecule has 0 unspecified atom stereocenters. The van der Waals surface area contributed by atoms with Gasteiger partial charge in [-0.05, 0) is 45.3 Å². The first-order valence-electron chi connectivity index (χ1n) is 8.14. The lowest BCUT2D eigenvalue weighted by molar-refractivity contribution is -0.123. The van der Waals surface area contributed by atoms with Crippen molar-refractivity contribution in [2.24, 2.45) is 0 Å². The van der Waals surface area contributed by atoms with E-state index in [1.165, 1.54) is 45.3 Å². The molecule has 0 spiro atoms. The molecule has 0 saturated carbocycles. The summed E-state index contributed by atoms with van der Waals surface area (Å²) in [6.07, 6.45) is 6.39. The maximum atomic E-state index is 11.8. The maximum absolute atomic E-state index is 11.8. The van der Waals surface area contributed by atoms with Crippen LogP contribution in [0.15, 0.2) is 0 Å². The highest BCUT2D eigenvalue weighted by Crippen LogP contribution is 2.09. The van der Waals surface area contributed by atoms with Crippen LogP contribution in [-0.4, -0.2) is 74.7 Å². The van der Waals surface area contributed by atoms with Gasteiger partial charge in [-0.2, -0.15) is 0 Å². The predicted octanol–water partition coefficient (Wildman–Crippen LogP) is 0.701. The van der Waals surface area contributed by atoms with Crippen LogP contribution in [0.5, 0.6) is 0 Å². The highest BCUT2D eigenvalue weighted by atomic mass is 16.5. The molecule has 0 aromatic rings. The molecule has 0 radical (unpaired) electrons. The van der Waals surface area contributed by atoms with E-state index < -0.39 is 0 Å². The first-order chi connectivity index (χ1) is 9.84. The zero-order valence-electron chi connectivity index (χ0n) is 12.6. The number of nitrogens with zero attached hydrogens (tertiary/aromatic N) is 2. The van der Waals surface area contributed by atoms with Gasteiger partial charge in [0, 0.05) is 19.6 Å². The smallest absolute Gasteiger partial charge is 0.234 e. The SMILES string of the molecule is O=C(CN1CCOCC1)NCCCCN1CCCCC1. The quantitative estimate of drug-likeness (QED) is 0.699. The van der Waals surface area contributed by atoms with Gasteiger partial charge in [-0.15, -0.1) is 0 Å². The molecule has 2 saturated heterocycles. The number of ether oxygens (including phenoxy) is 1. The first-order valence-corrected chi connectivity index (χ1v) is 8.14. The van der Waals surface area contributed by atoms with E-state index >= 15 is 0 Å². The number of hydrogen-bond donors (Lipinski definition) is 1. The lowest BCUT2D eigenvalue weighted by Gasteiger charge is -2.26. The van der Waals surface area contributed by atoms with Gasteiger partial charge in [0.1, 0.15) is 0 Å². The van der Waals surface area contributed by atoms with Crippen molar-refractivity contribution >= 4 is 5.91 Å². The topological polar surface area (TPSA) is 44.8 Å². The molecule has 0 bridgehead atoms. The number of carbonyl (C=O) groups excluding carboxylic acids is 1. The normalized spacial score (nSPS) is 21.8. The fraction of sp³-hybridized carbons (Fsp3) is 0.933. The summed E-state index contributed by atoms with van der Waals surface area (Å²) in [6, 6.07) is 0. The minimum atomic E-state index is 0.157. The second kappa shape index (κ2) is 9.32. The summed E-state index contributed by atoms with van der Waals surface area (Å²) in [5.41, 5.74) is 0. The van der Waals surface area contributed by atoms with Crippen molar-refractivity contribution in [1.29, 1.82) is 0 Å². The van der Waals surface area contributed by atoms with Crippen LogP contribution in [0.4, 0.5) is 0 Å². The Morgan fingerprint density at radius 3 is 2.45 bits per heavy atom. The van der Waals surface area contributed by atoms with Gasteiger partial charge in [-0.25, -0.2) is 0 Å². The van der Waals surface area contributed by atoms with Gasteiger partial charge in [-0.1, -0.05) is 6.42 Å². The van der Waals surface area contributed by atoms with E-state index in [-0.39, 0.29) is 5.91 Å². The van der Waals surface area contributed by atoms with Gasteiger partial charge < -0.3 is 15.0 Å². The second-order valence-electron chi connectivity index (χ2n) is 5.85. The van der Waals surface area contributed by atoms with Crippen molar-refractivity contribution in [3.05, 3.63) is 0 Å². The third-order valence-electron chi connectivity index (χ3n) is 4.14. The largest absolute Gasteiger partial charge is 0.379 e. The standard InChI is InChI=1S/C15H29N3O2/c19-15(14-18-10-12-20-13-11-18)16-6-2-5-9-17-7-3-1-4-8-17/h1-14H2,(H,16,19). The van der Waals surface area contributed by atoms with Gasteiger partial charge in [0.25, 0.3) is 0 Å². The number of hydrogen-bond acceptors (Lipinski definition) is 4. The number of amides is 1. The van der Waals surface area contributed by atoms with Crippen LogP contribution in [0.2, 0.25) is 0 Å². The Kier molecular flexibility index (Phi) is 7.33. The van der Waals surface area contributed by atoms with Gasteiger partial charge in [-0.3, -0.25) is 9.69 Å². The molecule has 116 valence electrons. The fourth-order valence-corrected chi connectivity index (χ4v) is 2.89. The van der Waals surface area contributed by atoms with Crippen LogP contribution in [0.25, 0.3) is 0 Å². The number of likely N-dealkylation sites (tertiary alicyclic amines) is 1. The summed E-state index contributed by atoms with van der Waals surface area (Å²) in [7, 11) is 0. The number of rotatable bonds is 7. The van der Waals surface area contributed by atoms with Crippen molar-refractivity contribution < 1.29 is 9.53 Å². The first kappa shape index (κ1) is 15.7. The molecule has 0 aliphatic carbocycles. The summed E-state index contributed by atoms with van der Waals surface area (Å²) in [6.45, 7) is 8.33. The van der Waals surface area contributed by atoms with E-state index in [0.717, 1.165) is 39.3 Å². The zero-order valence-corrected chi connectivity index (χ0v) is 12.6. The Labute approximate surface area is 122 Å². The van der Waals surface area contributed by atoms with Crippen molar-refractivity contribution in [1.82, 2.24) is 15.1 Å². The highest BCUT2D eigenvalue weighted by molar-refractivity contribution is 5.77. The van der Waals surface area contributed by atoms with Crippen molar-refractivity contribution in [3.8, 4) is 0 Å². The van der Waals surface area contributed by atoms with Crippen LogP contribution in [-0.2, 0) is 9.53 Å². The molecule has 0 aromatic heterocycles. The van der Waals surface area contributed by atoms with Gasteiger partial charge in [0.15, 0.2) is 0 Å². The molecule has 2 heterocycles. The summed E-state index contributed by atoms with van der Waals surface area (Å²) in [5.74, 6) is 0.157. The Morgan fingerprint density at radius 2 is 1.70 bits per heavy atom. The number of nitrogens with one attached hydrogen (secondary N) is 1. The van der Waals surface area contributed by atoms with Crippen molar-refractivity contribution in [3.63, 3.8) is 0 Å². The summed E-state index contributed by atoms with van der Waals surface area (Å²) in [5, 5.41) is 3.03. The molecule has 1 N–H and O–H groups in total. The molecule has 2 fully saturated rings. The molecule has 0 aromatic carbocycles. The van der Waals surface area contributed by atoms with Gasteiger partial charge in [0.05, 0.1) is 19.8 Å². The lowest BCUT2D eigenvalue weighted by atomic mass is 10.1. The number of unbranched alkanes of at least 4 members (excludes halogenated alkanes) is 1. The van der Waals surface area contributed by atoms with Gasteiger partial charge >= 0.3 is 0 Å². The van der Waals surface area contributed by atoms with E-state index in [0.29, 0.717) is 6.54 Å². The van der Waals surface area contributed by atoms with Crippen LogP contribution in [0, 0.1) is 0 Å². The van der Waals surface area contributed by atoms with Crippen LogP contribution in [0.1, 0.15) is 32.1 Å². The summed E-state index contributed by atoms with van der Waals surface area (Å²) >= 11 is 0. The van der Waals surface area contributed by atoms with E-state index in [1.807, 2.05) is 0 Å². The minimum Gasteiger partial charge on any atom is -0.379 e. The highest BCUT2D eigenvalue weighted by Gasteiger charge is 2.13. The average Bonchev–Trinajstić information content (AvgIpc) is 2.49. The van der Waals surface area contributed by atoms with E-state index in [1.54, 1.807) is 0 Å². The van der Waals surface area contributed by atoms with Crippen molar-refractivity contribution in [2.75, 3.05) is 59.0 Å². The molecule has 2 aliphatic heterocycles. The Balaban J connectivity index is 1.44. The average molecular weight is 283 g/mol. The van der Waals surface area contributed by atoms with Crippen molar-refractivity contribution in [2.45, 2.75) is 32.1 Å². The second-order valence-corrected chi connectivity index (χ2v) is 5.85. The molecule has 2 aliphatic rings. The Bertz CT molecular complexity index is 274.